The van der Waals surface area contributed by atoms with Crippen molar-refractivity contribution in [2.75, 3.05) is 11.9 Å². The van der Waals surface area contributed by atoms with Crippen LogP contribution in [0, 0.1) is 11.6 Å². The number of aryl methyl sites for hydroxylation is 1. The molecule has 0 saturated carbocycles. The molecule has 0 spiro atoms. The summed E-state index contributed by atoms with van der Waals surface area (Å²) in [7, 11) is 0. The Morgan fingerprint density at radius 3 is 2.88 bits per heavy atom. The zero-order chi connectivity index (χ0) is 17.5. The van der Waals surface area contributed by atoms with Crippen LogP contribution in [0.2, 0.25) is 0 Å². The molecule has 2 heterocycles. The van der Waals surface area contributed by atoms with Gasteiger partial charge in [0.1, 0.15) is 21.8 Å². The molecule has 0 radical (unpaired) electrons. The normalized spacial score (nSPS) is 11.7. The highest BCUT2D eigenvalue weighted by Gasteiger charge is 2.09. The molecule has 2 rings (SSSR count). The number of rotatable bonds is 6. The second-order valence-electron chi connectivity index (χ2n) is 5.01. The molecule has 0 unspecified atom stereocenters. The van der Waals surface area contributed by atoms with Crippen molar-refractivity contribution in [1.82, 2.24) is 20.2 Å². The Kier molecular flexibility index (Phi) is 5.97. The molecule has 3 N–H and O–H groups in total. The topological polar surface area (TPSA) is 86.5 Å². The predicted molar refractivity (Wildman–Crippen MR) is 99.6 cm³/mol. The molecular weight excluding hydrogens is 322 g/mol. The summed E-state index contributed by atoms with van der Waals surface area (Å²) in [5.41, 5.74) is 2.61. The highest BCUT2D eigenvalue weighted by Crippen LogP contribution is 2.18. The number of hydrogen-bond acceptors (Lipinski definition) is 5. The lowest BCUT2D eigenvalue weighted by atomic mass is 10.2. The van der Waals surface area contributed by atoms with E-state index in [4.69, 9.17) is 12.2 Å². The van der Waals surface area contributed by atoms with E-state index in [0.717, 1.165) is 17.1 Å². The molecular formula is C17H19N5OS. The van der Waals surface area contributed by atoms with Crippen LogP contribution in [0.4, 0.5) is 5.82 Å². The Hall–Kier alpha value is -2.80. The third-order valence-corrected chi connectivity index (χ3v) is 3.49. The van der Waals surface area contributed by atoms with E-state index in [0.29, 0.717) is 22.6 Å². The maximum Gasteiger partial charge on any atom is 0.264 e. The third kappa shape index (κ3) is 4.36. The van der Waals surface area contributed by atoms with Gasteiger partial charge in [0.15, 0.2) is 0 Å². The van der Waals surface area contributed by atoms with Gasteiger partial charge in [-0.1, -0.05) is 43.1 Å². The summed E-state index contributed by atoms with van der Waals surface area (Å²) in [6.07, 6.45) is 7.65. The van der Waals surface area contributed by atoms with E-state index in [1.807, 2.05) is 32.1 Å². The fourth-order valence-electron chi connectivity index (χ4n) is 2.09. The van der Waals surface area contributed by atoms with Gasteiger partial charge in [0, 0.05) is 12.6 Å². The van der Waals surface area contributed by atoms with Crippen LogP contribution in [-0.2, 0) is 0 Å². The lowest BCUT2D eigenvalue weighted by Gasteiger charge is -2.11. The largest absolute Gasteiger partial charge is 0.366 e. The summed E-state index contributed by atoms with van der Waals surface area (Å²) < 4.78 is 0.447. The molecule has 7 heteroatoms. The number of nitrogens with zero attached hydrogens (tertiary/aromatic N) is 2. The minimum Gasteiger partial charge on any atom is -0.366 e. The number of anilines is 1. The second kappa shape index (κ2) is 8.16. The molecule has 0 amide bonds. The van der Waals surface area contributed by atoms with E-state index in [1.54, 1.807) is 12.1 Å². The summed E-state index contributed by atoms with van der Waals surface area (Å²) >= 11 is 5.36. The van der Waals surface area contributed by atoms with Gasteiger partial charge < -0.3 is 10.3 Å². The van der Waals surface area contributed by atoms with Gasteiger partial charge in [-0.15, -0.1) is 0 Å². The van der Waals surface area contributed by atoms with Crippen molar-refractivity contribution in [2.45, 2.75) is 13.8 Å². The molecule has 0 aliphatic carbocycles. The summed E-state index contributed by atoms with van der Waals surface area (Å²) in [6.45, 7) is 8.16. The standard InChI is InChI=1S/C17H19N5OS/c1-4-6-12(7-5-2)10-18-16-11(3)19-15(17(24)20-16)13-8-9-14(23)22-21-13/h4-9H,1,10H2,2-3H3,(H,22,23)(H2,18,20,24)/b7-5-,12-6+. The van der Waals surface area contributed by atoms with Gasteiger partial charge >= 0.3 is 0 Å². The van der Waals surface area contributed by atoms with Gasteiger partial charge in [-0.25, -0.2) is 10.1 Å². The molecule has 0 saturated heterocycles. The Balaban J connectivity index is 2.28. The Bertz CT molecular complexity index is 887. The maximum atomic E-state index is 11.1. The first kappa shape index (κ1) is 17.6. The van der Waals surface area contributed by atoms with E-state index in [9.17, 15) is 4.79 Å². The lowest BCUT2D eigenvalue weighted by Crippen LogP contribution is -2.10. The van der Waals surface area contributed by atoms with Gasteiger partial charge in [-0.2, -0.15) is 5.10 Å². The molecule has 2 aromatic heterocycles. The zero-order valence-corrected chi connectivity index (χ0v) is 14.4. The number of aromatic nitrogens is 4. The molecule has 0 aliphatic rings. The first-order valence-corrected chi connectivity index (χ1v) is 7.81. The number of nitrogens with one attached hydrogen (secondary N) is 3. The lowest BCUT2D eigenvalue weighted by molar-refractivity contribution is 0.977. The SMILES string of the molecule is C=C/C=C(\C=C/C)CNc1[nH]c(=S)c(-c2ccc(=O)[nH]n2)nc1C. The number of H-pyrrole nitrogens is 2. The highest BCUT2D eigenvalue weighted by atomic mass is 32.1. The van der Waals surface area contributed by atoms with Crippen LogP contribution in [0.25, 0.3) is 11.4 Å². The van der Waals surface area contributed by atoms with Crippen LogP contribution in [-0.4, -0.2) is 26.7 Å². The summed E-state index contributed by atoms with van der Waals surface area (Å²) in [4.78, 5) is 18.7. The molecule has 24 heavy (non-hydrogen) atoms. The van der Waals surface area contributed by atoms with Crippen molar-refractivity contribution in [1.29, 1.82) is 0 Å². The van der Waals surface area contributed by atoms with Crippen LogP contribution in [0.1, 0.15) is 12.6 Å². The average molecular weight is 341 g/mol. The number of allylic oxidation sites excluding steroid dienone is 3. The Morgan fingerprint density at radius 1 is 1.46 bits per heavy atom. The van der Waals surface area contributed by atoms with Crippen molar-refractivity contribution in [2.24, 2.45) is 0 Å². The summed E-state index contributed by atoms with van der Waals surface area (Å²) in [5, 5.41) is 9.63. The monoisotopic (exact) mass is 341 g/mol. The van der Waals surface area contributed by atoms with Crippen molar-refractivity contribution < 1.29 is 0 Å². The van der Waals surface area contributed by atoms with Crippen LogP contribution in [0.5, 0.6) is 0 Å². The molecule has 2 aromatic rings. The van der Waals surface area contributed by atoms with E-state index in [1.165, 1.54) is 6.07 Å². The second-order valence-corrected chi connectivity index (χ2v) is 5.42. The van der Waals surface area contributed by atoms with Crippen molar-refractivity contribution in [3.05, 3.63) is 69.3 Å². The maximum absolute atomic E-state index is 11.1. The molecule has 0 fully saturated rings. The molecule has 6 nitrogen and oxygen atoms in total. The third-order valence-electron chi connectivity index (χ3n) is 3.20. The Morgan fingerprint density at radius 2 is 2.25 bits per heavy atom. The minimum absolute atomic E-state index is 0.269. The van der Waals surface area contributed by atoms with E-state index < -0.39 is 0 Å². The molecule has 0 aromatic carbocycles. The summed E-state index contributed by atoms with van der Waals surface area (Å²) in [5.74, 6) is 0.743. The molecule has 0 atom stereocenters. The number of aromatic amines is 2. The zero-order valence-electron chi connectivity index (χ0n) is 13.6. The van der Waals surface area contributed by atoms with Gasteiger partial charge in [0.2, 0.25) is 0 Å². The first-order valence-electron chi connectivity index (χ1n) is 7.40. The average Bonchev–Trinajstić information content (AvgIpc) is 2.56. The van der Waals surface area contributed by atoms with Crippen molar-refractivity contribution in [3.8, 4) is 11.4 Å². The van der Waals surface area contributed by atoms with Crippen molar-refractivity contribution >= 4 is 18.0 Å². The molecule has 0 aliphatic heterocycles. The van der Waals surface area contributed by atoms with Gasteiger partial charge in [-0.05, 0) is 25.5 Å². The van der Waals surface area contributed by atoms with E-state index in [-0.39, 0.29) is 5.56 Å². The first-order chi connectivity index (χ1) is 11.5. The van der Waals surface area contributed by atoms with Gasteiger partial charge in [0.05, 0.1) is 5.69 Å². The highest BCUT2D eigenvalue weighted by molar-refractivity contribution is 7.71. The fourth-order valence-corrected chi connectivity index (χ4v) is 2.34. The van der Waals surface area contributed by atoms with Crippen molar-refractivity contribution in [3.63, 3.8) is 0 Å². The van der Waals surface area contributed by atoms with Crippen LogP contribution < -0.4 is 10.9 Å². The van der Waals surface area contributed by atoms with Crippen LogP contribution in [0.15, 0.2) is 53.4 Å². The number of hydrogen-bond donors (Lipinski definition) is 3. The minimum atomic E-state index is -0.269. The molecule has 0 bridgehead atoms. The van der Waals surface area contributed by atoms with Gasteiger partial charge in [0.25, 0.3) is 5.56 Å². The van der Waals surface area contributed by atoms with E-state index >= 15 is 0 Å². The van der Waals surface area contributed by atoms with Crippen LogP contribution >= 0.6 is 12.2 Å². The van der Waals surface area contributed by atoms with Gasteiger partial charge in [-0.3, -0.25) is 4.79 Å². The quantitative estimate of drug-likeness (QED) is 0.554. The molecule has 124 valence electrons. The fraction of sp³-hybridized carbons (Fsp3) is 0.176. The van der Waals surface area contributed by atoms with Crippen LogP contribution in [0.3, 0.4) is 0 Å². The Labute approximate surface area is 145 Å². The predicted octanol–water partition coefficient (Wildman–Crippen LogP) is 3.30. The summed E-state index contributed by atoms with van der Waals surface area (Å²) in [6, 6.07) is 2.98. The van der Waals surface area contributed by atoms with E-state index in [2.05, 4.69) is 32.1 Å². The smallest absolute Gasteiger partial charge is 0.264 e.